The molecule has 64 valence electrons. The van der Waals surface area contributed by atoms with Gasteiger partial charge in [-0.25, -0.2) is 0 Å². The summed E-state index contributed by atoms with van der Waals surface area (Å²) in [6, 6.07) is 0. The van der Waals surface area contributed by atoms with Crippen LogP contribution in [-0.4, -0.2) is 44.4 Å². The number of methoxy groups -OCH3 is 2. The Bertz CT molecular complexity index is 145. The highest BCUT2D eigenvalue weighted by molar-refractivity contribution is 5.47. The summed E-state index contributed by atoms with van der Waals surface area (Å²) in [6.45, 7) is 1.24. The highest BCUT2D eigenvalue weighted by Crippen LogP contribution is 2.23. The molecule has 0 bridgehead atoms. The molecule has 4 nitrogen and oxygen atoms in total. The van der Waals surface area contributed by atoms with Crippen molar-refractivity contribution in [3.05, 3.63) is 0 Å². The Labute approximate surface area is 66.1 Å². The molecule has 0 aromatic carbocycles. The first-order valence-electron chi connectivity index (χ1n) is 3.56. The number of ether oxygens (including phenoxy) is 2. The lowest BCUT2D eigenvalue weighted by Crippen LogP contribution is -2.36. The number of carbonyl (C=O) groups is 1. The Morgan fingerprint density at radius 2 is 2.09 bits per heavy atom. The Hall–Kier alpha value is -0.610. The van der Waals surface area contributed by atoms with Crippen LogP contribution in [0.15, 0.2) is 0 Å². The van der Waals surface area contributed by atoms with Crippen LogP contribution in [0.4, 0.5) is 0 Å². The molecule has 0 atom stereocenters. The Morgan fingerprint density at radius 1 is 1.45 bits per heavy atom. The van der Waals surface area contributed by atoms with Gasteiger partial charge in [-0.3, -0.25) is 4.79 Å². The van der Waals surface area contributed by atoms with Crippen molar-refractivity contribution in [1.29, 1.82) is 0 Å². The lowest BCUT2D eigenvalue weighted by Gasteiger charge is -2.24. The Morgan fingerprint density at radius 3 is 2.36 bits per heavy atom. The number of amides is 1. The topological polar surface area (TPSA) is 38.8 Å². The molecule has 0 aromatic heterocycles. The van der Waals surface area contributed by atoms with E-state index in [1.807, 2.05) is 0 Å². The van der Waals surface area contributed by atoms with Crippen molar-refractivity contribution in [2.45, 2.75) is 12.2 Å². The second-order valence-electron chi connectivity index (χ2n) is 2.64. The molecule has 1 saturated heterocycles. The molecule has 0 aliphatic carbocycles. The molecule has 1 heterocycles. The van der Waals surface area contributed by atoms with Crippen LogP contribution in [0.25, 0.3) is 0 Å². The van der Waals surface area contributed by atoms with E-state index < -0.39 is 5.79 Å². The zero-order chi connectivity index (χ0) is 8.32. The van der Waals surface area contributed by atoms with E-state index in [2.05, 4.69) is 0 Å². The van der Waals surface area contributed by atoms with Gasteiger partial charge < -0.3 is 14.4 Å². The molecule has 1 aliphatic heterocycles. The van der Waals surface area contributed by atoms with Crippen molar-refractivity contribution in [1.82, 2.24) is 4.90 Å². The maximum atomic E-state index is 10.3. The van der Waals surface area contributed by atoms with Gasteiger partial charge in [-0.2, -0.15) is 0 Å². The summed E-state index contributed by atoms with van der Waals surface area (Å²) in [6.07, 6.45) is 1.57. The van der Waals surface area contributed by atoms with Crippen LogP contribution in [0.1, 0.15) is 6.42 Å². The van der Waals surface area contributed by atoms with Crippen molar-refractivity contribution < 1.29 is 14.3 Å². The molecule has 0 unspecified atom stereocenters. The zero-order valence-electron chi connectivity index (χ0n) is 6.87. The summed E-state index contributed by atoms with van der Waals surface area (Å²) in [4.78, 5) is 12.0. The van der Waals surface area contributed by atoms with Crippen molar-refractivity contribution >= 4 is 6.41 Å². The number of carbonyl (C=O) groups excluding carboxylic acids is 1. The van der Waals surface area contributed by atoms with Crippen LogP contribution >= 0.6 is 0 Å². The number of nitrogens with zero attached hydrogens (tertiary/aromatic N) is 1. The molecule has 1 fully saturated rings. The van der Waals surface area contributed by atoms with E-state index in [1.54, 1.807) is 19.1 Å². The lowest BCUT2D eigenvalue weighted by atomic mass is 10.2. The van der Waals surface area contributed by atoms with Gasteiger partial charge in [-0.15, -0.1) is 0 Å². The van der Waals surface area contributed by atoms with Gasteiger partial charge >= 0.3 is 0 Å². The number of rotatable bonds is 3. The largest absolute Gasteiger partial charge is 0.351 e. The molecule has 11 heavy (non-hydrogen) atoms. The molecule has 0 N–H and O–H groups in total. The van der Waals surface area contributed by atoms with E-state index >= 15 is 0 Å². The molecule has 1 amide bonds. The third kappa shape index (κ3) is 1.52. The highest BCUT2D eigenvalue weighted by atomic mass is 16.7. The fourth-order valence-corrected chi connectivity index (χ4v) is 1.29. The average molecular weight is 159 g/mol. The number of hydrogen-bond acceptors (Lipinski definition) is 3. The van der Waals surface area contributed by atoms with E-state index in [1.165, 1.54) is 0 Å². The quantitative estimate of drug-likeness (QED) is 0.424. The first-order valence-corrected chi connectivity index (χ1v) is 3.56. The third-order valence-corrected chi connectivity index (χ3v) is 2.12. The van der Waals surface area contributed by atoms with E-state index in [0.29, 0.717) is 13.1 Å². The first kappa shape index (κ1) is 8.49. The van der Waals surface area contributed by atoms with Gasteiger partial charge in [0, 0.05) is 27.2 Å². The summed E-state index contributed by atoms with van der Waals surface area (Å²) >= 11 is 0. The molecule has 1 aliphatic rings. The molecule has 1 rings (SSSR count). The summed E-state index contributed by atoms with van der Waals surface area (Å²) < 4.78 is 10.3. The van der Waals surface area contributed by atoms with E-state index in [9.17, 15) is 4.79 Å². The zero-order valence-corrected chi connectivity index (χ0v) is 6.87. The Balaban J connectivity index is 2.54. The molecule has 0 radical (unpaired) electrons. The van der Waals surface area contributed by atoms with Crippen molar-refractivity contribution in [3.63, 3.8) is 0 Å². The van der Waals surface area contributed by atoms with Crippen molar-refractivity contribution in [2.75, 3.05) is 27.3 Å². The monoisotopic (exact) mass is 159 g/mol. The van der Waals surface area contributed by atoms with Crippen molar-refractivity contribution in [2.24, 2.45) is 0 Å². The van der Waals surface area contributed by atoms with Gasteiger partial charge in [0.2, 0.25) is 6.41 Å². The third-order valence-electron chi connectivity index (χ3n) is 2.12. The van der Waals surface area contributed by atoms with Gasteiger partial charge in [0.1, 0.15) is 0 Å². The SMILES string of the molecule is COC1(OC)CCN(C=O)C1. The van der Waals surface area contributed by atoms with E-state index in [-0.39, 0.29) is 0 Å². The molecule has 4 heteroatoms. The summed E-state index contributed by atoms with van der Waals surface area (Å²) in [7, 11) is 3.19. The van der Waals surface area contributed by atoms with Crippen LogP contribution in [0.3, 0.4) is 0 Å². The first-order chi connectivity index (χ1) is 5.26. The molecule has 0 spiro atoms. The number of hydrogen-bond donors (Lipinski definition) is 0. The minimum Gasteiger partial charge on any atom is -0.351 e. The van der Waals surface area contributed by atoms with Gasteiger partial charge in [0.25, 0.3) is 0 Å². The van der Waals surface area contributed by atoms with Crippen LogP contribution in [-0.2, 0) is 14.3 Å². The Kier molecular flexibility index (Phi) is 2.46. The minimum atomic E-state index is -0.555. The molecular formula is C7H13NO3. The fraction of sp³-hybridized carbons (Fsp3) is 0.857. The van der Waals surface area contributed by atoms with Gasteiger partial charge in [0.05, 0.1) is 6.54 Å². The lowest BCUT2D eigenvalue weighted by molar-refractivity contribution is -0.195. The van der Waals surface area contributed by atoms with Gasteiger partial charge in [0.15, 0.2) is 5.79 Å². The molecule has 0 aromatic rings. The normalized spacial score (nSPS) is 22.2. The second kappa shape index (κ2) is 3.19. The van der Waals surface area contributed by atoms with E-state index in [0.717, 1.165) is 12.8 Å². The fourth-order valence-electron chi connectivity index (χ4n) is 1.29. The van der Waals surface area contributed by atoms with Gasteiger partial charge in [-0.05, 0) is 0 Å². The number of likely N-dealkylation sites (tertiary alicyclic amines) is 1. The predicted molar refractivity (Wildman–Crippen MR) is 39.0 cm³/mol. The standard InChI is InChI=1S/C7H13NO3/c1-10-7(11-2)3-4-8(5-7)6-9/h6H,3-5H2,1-2H3. The van der Waals surface area contributed by atoms with Crippen LogP contribution < -0.4 is 0 Å². The minimum absolute atomic E-state index is 0.531. The maximum Gasteiger partial charge on any atom is 0.209 e. The summed E-state index contributed by atoms with van der Waals surface area (Å²) in [5.41, 5.74) is 0. The van der Waals surface area contributed by atoms with Crippen LogP contribution in [0.5, 0.6) is 0 Å². The maximum absolute atomic E-state index is 10.3. The highest BCUT2D eigenvalue weighted by Gasteiger charge is 2.37. The summed E-state index contributed by atoms with van der Waals surface area (Å²) in [5.74, 6) is -0.555. The van der Waals surface area contributed by atoms with Crippen LogP contribution in [0.2, 0.25) is 0 Å². The van der Waals surface area contributed by atoms with Gasteiger partial charge in [-0.1, -0.05) is 0 Å². The second-order valence-corrected chi connectivity index (χ2v) is 2.64. The van der Waals surface area contributed by atoms with Crippen LogP contribution in [0, 0.1) is 0 Å². The smallest absolute Gasteiger partial charge is 0.209 e. The van der Waals surface area contributed by atoms with E-state index in [4.69, 9.17) is 9.47 Å². The predicted octanol–water partition coefficient (Wildman–Crippen LogP) is -0.162. The average Bonchev–Trinajstić information content (AvgIpc) is 2.49. The molecule has 0 saturated carbocycles. The van der Waals surface area contributed by atoms with Crippen molar-refractivity contribution in [3.8, 4) is 0 Å². The molecular weight excluding hydrogens is 146 g/mol. The summed E-state index contributed by atoms with van der Waals surface area (Å²) in [5, 5.41) is 0.